The molecule has 0 saturated carbocycles. The van der Waals surface area contributed by atoms with Gasteiger partial charge in [-0.05, 0) is 48.4 Å². The molecule has 3 rings (SSSR count). The number of benzene rings is 3. The second-order valence-corrected chi connectivity index (χ2v) is 7.06. The van der Waals surface area contributed by atoms with Crippen molar-refractivity contribution in [2.75, 3.05) is 24.7 Å². The van der Waals surface area contributed by atoms with Gasteiger partial charge in [0.05, 0.1) is 0 Å². The first-order valence-corrected chi connectivity index (χ1v) is 10.0. The number of halogens is 1. The van der Waals surface area contributed by atoms with Gasteiger partial charge in [0.2, 0.25) is 5.91 Å². The summed E-state index contributed by atoms with van der Waals surface area (Å²) in [5.74, 6) is -0.510. The molecule has 2 amide bonds. The molecular weight excluding hydrogens is 400 g/mol. The number of anilines is 2. The van der Waals surface area contributed by atoms with E-state index < -0.39 is 0 Å². The van der Waals surface area contributed by atoms with Gasteiger partial charge in [0.25, 0.3) is 5.91 Å². The first-order chi connectivity index (χ1) is 14.6. The zero-order valence-corrected chi connectivity index (χ0v) is 17.2. The standard InChI is InChI=1S/C24H23ClN2O3/c25-20-13-11-19(12-14-20)15-16-26-23(28)17-30-18-24(29)27(21-7-3-1-4-8-21)22-9-5-2-6-10-22/h1-14H,15-18H2,(H,26,28). The van der Waals surface area contributed by atoms with Gasteiger partial charge < -0.3 is 10.1 Å². The van der Waals surface area contributed by atoms with Gasteiger partial charge in [-0.2, -0.15) is 0 Å². The third kappa shape index (κ3) is 6.44. The molecule has 0 saturated heterocycles. The molecule has 0 aromatic heterocycles. The lowest BCUT2D eigenvalue weighted by Gasteiger charge is -2.23. The Labute approximate surface area is 181 Å². The third-order valence-corrected chi connectivity index (χ3v) is 4.64. The molecule has 0 unspecified atom stereocenters. The molecule has 0 bridgehead atoms. The van der Waals surface area contributed by atoms with E-state index in [0.717, 1.165) is 16.9 Å². The van der Waals surface area contributed by atoms with Crippen LogP contribution in [0.3, 0.4) is 0 Å². The van der Waals surface area contributed by atoms with Crippen LogP contribution >= 0.6 is 11.6 Å². The van der Waals surface area contributed by atoms with Crippen LogP contribution in [0.15, 0.2) is 84.9 Å². The highest BCUT2D eigenvalue weighted by molar-refractivity contribution is 6.30. The second kappa shape index (κ2) is 11.1. The van der Waals surface area contributed by atoms with E-state index in [1.807, 2.05) is 84.9 Å². The van der Waals surface area contributed by atoms with Gasteiger partial charge >= 0.3 is 0 Å². The molecule has 0 radical (unpaired) electrons. The van der Waals surface area contributed by atoms with Crippen molar-refractivity contribution in [3.63, 3.8) is 0 Å². The van der Waals surface area contributed by atoms with Crippen molar-refractivity contribution in [1.29, 1.82) is 0 Å². The lowest BCUT2D eigenvalue weighted by Crippen LogP contribution is -2.33. The lowest BCUT2D eigenvalue weighted by atomic mass is 10.1. The van der Waals surface area contributed by atoms with Gasteiger partial charge in [0.1, 0.15) is 13.2 Å². The first kappa shape index (κ1) is 21.6. The largest absolute Gasteiger partial charge is 0.362 e. The van der Waals surface area contributed by atoms with E-state index >= 15 is 0 Å². The Balaban J connectivity index is 1.48. The molecule has 5 nitrogen and oxygen atoms in total. The van der Waals surface area contributed by atoms with Gasteiger partial charge in [-0.25, -0.2) is 0 Å². The predicted molar refractivity (Wildman–Crippen MR) is 119 cm³/mol. The number of carbonyl (C=O) groups is 2. The van der Waals surface area contributed by atoms with Crippen LogP contribution in [0.4, 0.5) is 11.4 Å². The van der Waals surface area contributed by atoms with Gasteiger partial charge in [0.15, 0.2) is 0 Å². The van der Waals surface area contributed by atoms with Crippen LogP contribution < -0.4 is 10.2 Å². The summed E-state index contributed by atoms with van der Waals surface area (Å²) >= 11 is 5.86. The van der Waals surface area contributed by atoms with Gasteiger partial charge in [-0.3, -0.25) is 14.5 Å². The average molecular weight is 423 g/mol. The number of para-hydroxylation sites is 2. The molecule has 30 heavy (non-hydrogen) atoms. The molecule has 0 aliphatic carbocycles. The van der Waals surface area contributed by atoms with Crippen LogP contribution in [0, 0.1) is 0 Å². The Hall–Kier alpha value is -3.15. The van der Waals surface area contributed by atoms with E-state index in [2.05, 4.69) is 5.32 Å². The maximum absolute atomic E-state index is 12.8. The molecule has 6 heteroatoms. The third-order valence-electron chi connectivity index (χ3n) is 4.39. The number of nitrogens with zero attached hydrogens (tertiary/aromatic N) is 1. The highest BCUT2D eigenvalue weighted by atomic mass is 35.5. The zero-order valence-electron chi connectivity index (χ0n) is 16.5. The molecule has 154 valence electrons. The van der Waals surface area contributed by atoms with Crippen LogP contribution in [0.1, 0.15) is 5.56 Å². The molecule has 0 spiro atoms. The molecule has 3 aromatic carbocycles. The van der Waals surface area contributed by atoms with Gasteiger partial charge in [0, 0.05) is 22.9 Å². The number of ether oxygens (including phenoxy) is 1. The van der Waals surface area contributed by atoms with Crippen LogP contribution in [0.2, 0.25) is 5.02 Å². The minimum absolute atomic E-state index is 0.177. The summed E-state index contributed by atoms with van der Waals surface area (Å²) in [6.45, 7) is 0.107. The highest BCUT2D eigenvalue weighted by Gasteiger charge is 2.18. The smallest absolute Gasteiger partial charge is 0.257 e. The molecule has 1 N–H and O–H groups in total. The molecular formula is C24H23ClN2O3. The fraction of sp³-hybridized carbons (Fsp3) is 0.167. The Morgan fingerprint density at radius 3 is 1.93 bits per heavy atom. The number of amides is 2. The summed E-state index contributed by atoms with van der Waals surface area (Å²) < 4.78 is 5.38. The van der Waals surface area contributed by atoms with E-state index in [-0.39, 0.29) is 25.0 Å². The average Bonchev–Trinajstić information content (AvgIpc) is 2.77. The van der Waals surface area contributed by atoms with E-state index in [0.29, 0.717) is 18.0 Å². The summed E-state index contributed by atoms with van der Waals surface area (Å²) in [5, 5.41) is 3.47. The van der Waals surface area contributed by atoms with Crippen LogP contribution in [-0.4, -0.2) is 31.6 Å². The molecule has 3 aromatic rings. The minimum Gasteiger partial charge on any atom is -0.362 e. The molecule has 0 aliphatic rings. The number of carbonyl (C=O) groups excluding carboxylic acids is 2. The predicted octanol–water partition coefficient (Wildman–Crippen LogP) is 4.38. The Morgan fingerprint density at radius 2 is 1.37 bits per heavy atom. The fourth-order valence-electron chi connectivity index (χ4n) is 2.94. The minimum atomic E-state index is -0.261. The molecule has 0 heterocycles. The van der Waals surface area contributed by atoms with Crippen molar-refractivity contribution in [3.8, 4) is 0 Å². The summed E-state index contributed by atoms with van der Waals surface area (Å²) in [5.41, 5.74) is 2.56. The Bertz CT molecular complexity index is 908. The van der Waals surface area contributed by atoms with Crippen molar-refractivity contribution in [2.45, 2.75) is 6.42 Å². The zero-order chi connectivity index (χ0) is 21.2. The normalized spacial score (nSPS) is 10.4. The van der Waals surface area contributed by atoms with Crippen molar-refractivity contribution < 1.29 is 14.3 Å². The van der Waals surface area contributed by atoms with Gasteiger partial charge in [-0.1, -0.05) is 60.1 Å². The topological polar surface area (TPSA) is 58.6 Å². The molecule has 0 aliphatic heterocycles. The number of hydrogen-bond acceptors (Lipinski definition) is 3. The fourth-order valence-corrected chi connectivity index (χ4v) is 3.06. The Morgan fingerprint density at radius 1 is 0.800 bits per heavy atom. The first-order valence-electron chi connectivity index (χ1n) is 9.65. The van der Waals surface area contributed by atoms with Crippen LogP contribution in [0.25, 0.3) is 0 Å². The van der Waals surface area contributed by atoms with Crippen LogP contribution in [-0.2, 0) is 20.7 Å². The number of hydrogen-bond donors (Lipinski definition) is 1. The monoisotopic (exact) mass is 422 g/mol. The van der Waals surface area contributed by atoms with Gasteiger partial charge in [-0.15, -0.1) is 0 Å². The quantitative estimate of drug-likeness (QED) is 0.556. The maximum atomic E-state index is 12.8. The van der Waals surface area contributed by atoms with Crippen molar-refractivity contribution in [2.24, 2.45) is 0 Å². The SMILES string of the molecule is O=C(COCC(=O)N(c1ccccc1)c1ccccc1)NCCc1ccc(Cl)cc1. The van der Waals surface area contributed by atoms with E-state index in [9.17, 15) is 9.59 Å². The van der Waals surface area contributed by atoms with Crippen molar-refractivity contribution >= 4 is 34.8 Å². The summed E-state index contributed by atoms with van der Waals surface area (Å²) in [7, 11) is 0. The van der Waals surface area contributed by atoms with E-state index in [1.54, 1.807) is 4.90 Å². The summed E-state index contributed by atoms with van der Waals surface area (Å²) in [6, 6.07) is 26.2. The summed E-state index contributed by atoms with van der Waals surface area (Å²) in [4.78, 5) is 26.4. The van der Waals surface area contributed by atoms with Crippen molar-refractivity contribution in [1.82, 2.24) is 5.32 Å². The second-order valence-electron chi connectivity index (χ2n) is 6.62. The highest BCUT2D eigenvalue weighted by Crippen LogP contribution is 2.25. The van der Waals surface area contributed by atoms with E-state index in [4.69, 9.17) is 16.3 Å². The number of nitrogens with one attached hydrogen (secondary N) is 1. The number of rotatable bonds is 9. The molecule has 0 fully saturated rings. The maximum Gasteiger partial charge on any atom is 0.257 e. The van der Waals surface area contributed by atoms with Crippen molar-refractivity contribution in [3.05, 3.63) is 95.5 Å². The summed E-state index contributed by atoms with van der Waals surface area (Å²) in [6.07, 6.45) is 0.692. The van der Waals surface area contributed by atoms with E-state index in [1.165, 1.54) is 0 Å². The Kier molecular flexibility index (Phi) is 8.01. The van der Waals surface area contributed by atoms with Crippen LogP contribution in [0.5, 0.6) is 0 Å². The lowest BCUT2D eigenvalue weighted by molar-refractivity contribution is -0.129. The molecule has 0 atom stereocenters.